The van der Waals surface area contributed by atoms with Crippen LogP contribution in [0.3, 0.4) is 0 Å². The number of ether oxygens (including phenoxy) is 1. The summed E-state index contributed by atoms with van der Waals surface area (Å²) in [6.07, 6.45) is -7.26. The zero-order valence-corrected chi connectivity index (χ0v) is 13.7. The number of aliphatic hydroxyl groups is 1. The molecule has 0 unspecified atom stereocenters. The van der Waals surface area contributed by atoms with Crippen molar-refractivity contribution >= 4 is 17.6 Å². The highest BCUT2D eigenvalue weighted by Gasteiger charge is 2.30. The first-order chi connectivity index (χ1) is 12.2. The highest BCUT2D eigenvalue weighted by molar-refractivity contribution is 5.95. The van der Waals surface area contributed by atoms with Crippen LogP contribution >= 0.6 is 0 Å². The number of benzene rings is 2. The fourth-order valence-corrected chi connectivity index (χ4v) is 2.05. The van der Waals surface area contributed by atoms with E-state index in [2.05, 4.69) is 5.32 Å². The second kappa shape index (κ2) is 8.01. The van der Waals surface area contributed by atoms with Crippen LogP contribution in [0.15, 0.2) is 54.6 Å². The summed E-state index contributed by atoms with van der Waals surface area (Å²) in [6.45, 7) is 1.29. The third-order valence-electron chi connectivity index (χ3n) is 3.48. The lowest BCUT2D eigenvalue weighted by Crippen LogP contribution is -2.31. The van der Waals surface area contributed by atoms with Gasteiger partial charge in [0.15, 0.2) is 12.2 Å². The third-order valence-corrected chi connectivity index (χ3v) is 3.48. The Kier molecular flexibility index (Phi) is 5.99. The number of halogens is 3. The molecule has 8 heteroatoms. The minimum atomic E-state index is -4.47. The van der Waals surface area contributed by atoms with Gasteiger partial charge in [-0.15, -0.1) is 0 Å². The summed E-state index contributed by atoms with van der Waals surface area (Å²) in [4.78, 5) is 23.9. The first kappa shape index (κ1) is 19.5. The quantitative estimate of drug-likeness (QED) is 0.795. The normalized spacial score (nSPS) is 13.6. The van der Waals surface area contributed by atoms with Gasteiger partial charge in [0.05, 0.1) is 5.56 Å². The maximum atomic E-state index is 12.5. The van der Waals surface area contributed by atoms with Crippen LogP contribution in [0.4, 0.5) is 18.9 Å². The van der Waals surface area contributed by atoms with Gasteiger partial charge in [-0.3, -0.25) is 4.79 Å². The van der Waals surface area contributed by atoms with E-state index in [-0.39, 0.29) is 5.69 Å². The summed E-state index contributed by atoms with van der Waals surface area (Å²) < 4.78 is 42.4. The molecule has 138 valence electrons. The van der Waals surface area contributed by atoms with Crippen molar-refractivity contribution in [2.24, 2.45) is 0 Å². The standard InChI is InChI=1S/C18H16F3NO4/c1-11(26-17(25)15(23)12-5-3-2-4-6-12)16(24)22-14-9-7-13(8-10-14)18(19,20)21/h2-11,15,23H,1H3,(H,22,24)/t11-,15-/m1/s1. The second-order valence-electron chi connectivity index (χ2n) is 5.46. The van der Waals surface area contributed by atoms with Gasteiger partial charge in [-0.05, 0) is 36.8 Å². The van der Waals surface area contributed by atoms with Crippen LogP contribution < -0.4 is 5.32 Å². The van der Waals surface area contributed by atoms with Crippen molar-refractivity contribution in [1.82, 2.24) is 0 Å². The van der Waals surface area contributed by atoms with Crippen molar-refractivity contribution in [3.05, 3.63) is 65.7 Å². The number of anilines is 1. The number of alkyl halides is 3. The minimum Gasteiger partial charge on any atom is -0.450 e. The largest absolute Gasteiger partial charge is 0.450 e. The Morgan fingerprint density at radius 2 is 1.62 bits per heavy atom. The molecule has 0 saturated heterocycles. The second-order valence-corrected chi connectivity index (χ2v) is 5.46. The van der Waals surface area contributed by atoms with Gasteiger partial charge in [0.25, 0.3) is 5.91 Å². The number of carbonyl (C=O) groups is 2. The lowest BCUT2D eigenvalue weighted by Gasteiger charge is -2.16. The molecule has 0 aliphatic rings. The average molecular weight is 367 g/mol. The highest BCUT2D eigenvalue weighted by atomic mass is 19.4. The van der Waals surface area contributed by atoms with E-state index >= 15 is 0 Å². The molecule has 2 rings (SSSR count). The fraction of sp³-hybridized carbons (Fsp3) is 0.222. The molecule has 0 fully saturated rings. The summed E-state index contributed by atoms with van der Waals surface area (Å²) in [5.74, 6) is -1.75. The Morgan fingerprint density at radius 3 is 2.15 bits per heavy atom. The van der Waals surface area contributed by atoms with E-state index in [4.69, 9.17) is 4.74 Å². The van der Waals surface area contributed by atoms with Crippen LogP contribution in [-0.4, -0.2) is 23.1 Å². The molecular weight excluding hydrogens is 351 g/mol. The van der Waals surface area contributed by atoms with Crippen LogP contribution in [-0.2, 0) is 20.5 Å². The number of carbonyl (C=O) groups excluding carboxylic acids is 2. The molecule has 0 spiro atoms. The summed E-state index contributed by atoms with van der Waals surface area (Å²) in [5, 5.41) is 12.2. The van der Waals surface area contributed by atoms with E-state index in [0.717, 1.165) is 24.3 Å². The summed E-state index contributed by atoms with van der Waals surface area (Å²) in [7, 11) is 0. The van der Waals surface area contributed by atoms with Crippen molar-refractivity contribution in [3.63, 3.8) is 0 Å². The number of nitrogens with one attached hydrogen (secondary N) is 1. The molecule has 2 aromatic carbocycles. The molecule has 5 nitrogen and oxygen atoms in total. The average Bonchev–Trinajstić information content (AvgIpc) is 2.61. The van der Waals surface area contributed by atoms with Crippen LogP contribution in [0.1, 0.15) is 24.2 Å². The van der Waals surface area contributed by atoms with Crippen molar-refractivity contribution in [2.45, 2.75) is 25.3 Å². The first-order valence-electron chi connectivity index (χ1n) is 7.60. The molecule has 0 aromatic heterocycles. The third kappa shape index (κ3) is 5.06. The molecule has 0 aliphatic heterocycles. The van der Waals surface area contributed by atoms with Crippen molar-refractivity contribution in [3.8, 4) is 0 Å². The molecule has 0 heterocycles. The summed E-state index contributed by atoms with van der Waals surface area (Å²) in [6, 6.07) is 11.9. The summed E-state index contributed by atoms with van der Waals surface area (Å²) in [5.41, 5.74) is -0.414. The molecule has 2 atom stereocenters. The van der Waals surface area contributed by atoms with Gasteiger partial charge in [-0.2, -0.15) is 13.2 Å². The Labute approximate surface area is 147 Å². The SMILES string of the molecule is C[C@@H](OC(=O)[C@H](O)c1ccccc1)C(=O)Nc1ccc(C(F)(F)F)cc1. The van der Waals surface area contributed by atoms with E-state index in [1.54, 1.807) is 18.2 Å². The summed E-state index contributed by atoms with van der Waals surface area (Å²) >= 11 is 0. The predicted molar refractivity (Wildman–Crippen MR) is 87.0 cm³/mol. The molecule has 0 bridgehead atoms. The van der Waals surface area contributed by atoms with Gasteiger partial charge < -0.3 is 15.2 Å². The smallest absolute Gasteiger partial charge is 0.416 e. The number of rotatable bonds is 5. The first-order valence-corrected chi connectivity index (χ1v) is 7.60. The van der Waals surface area contributed by atoms with Gasteiger partial charge >= 0.3 is 12.1 Å². The maximum Gasteiger partial charge on any atom is 0.416 e. The molecule has 1 amide bonds. The van der Waals surface area contributed by atoms with Crippen LogP contribution in [0.5, 0.6) is 0 Å². The number of hydrogen-bond donors (Lipinski definition) is 2. The lowest BCUT2D eigenvalue weighted by atomic mass is 10.1. The molecule has 0 aliphatic carbocycles. The van der Waals surface area contributed by atoms with E-state index < -0.39 is 35.8 Å². The predicted octanol–water partition coefficient (Wildman–Crippen LogP) is 3.31. The monoisotopic (exact) mass is 367 g/mol. The number of esters is 1. The molecule has 0 radical (unpaired) electrons. The van der Waals surface area contributed by atoms with Crippen LogP contribution in [0, 0.1) is 0 Å². The Morgan fingerprint density at radius 1 is 1.04 bits per heavy atom. The number of hydrogen-bond acceptors (Lipinski definition) is 4. The Balaban J connectivity index is 1.94. The van der Waals surface area contributed by atoms with Crippen LogP contribution in [0.25, 0.3) is 0 Å². The zero-order chi connectivity index (χ0) is 19.3. The van der Waals surface area contributed by atoms with Crippen molar-refractivity contribution in [2.75, 3.05) is 5.32 Å². The van der Waals surface area contributed by atoms with Gasteiger partial charge in [-0.25, -0.2) is 4.79 Å². The number of aliphatic hydroxyl groups excluding tert-OH is 1. The van der Waals surface area contributed by atoms with Gasteiger partial charge in [0.1, 0.15) is 0 Å². The Hall–Kier alpha value is -2.87. The van der Waals surface area contributed by atoms with Gasteiger partial charge in [0.2, 0.25) is 0 Å². The number of amides is 1. The molecule has 26 heavy (non-hydrogen) atoms. The van der Waals surface area contributed by atoms with E-state index in [1.807, 2.05) is 0 Å². The molecule has 2 aromatic rings. The van der Waals surface area contributed by atoms with Crippen molar-refractivity contribution in [1.29, 1.82) is 0 Å². The van der Waals surface area contributed by atoms with Crippen molar-refractivity contribution < 1.29 is 32.6 Å². The van der Waals surface area contributed by atoms with E-state index in [1.165, 1.54) is 19.1 Å². The topological polar surface area (TPSA) is 75.6 Å². The maximum absolute atomic E-state index is 12.5. The van der Waals surface area contributed by atoms with E-state index in [9.17, 15) is 27.9 Å². The lowest BCUT2D eigenvalue weighted by molar-refractivity contribution is -0.162. The highest BCUT2D eigenvalue weighted by Crippen LogP contribution is 2.29. The van der Waals surface area contributed by atoms with Gasteiger partial charge in [-0.1, -0.05) is 30.3 Å². The van der Waals surface area contributed by atoms with Crippen LogP contribution in [0.2, 0.25) is 0 Å². The molecular formula is C18H16F3NO4. The fourth-order valence-electron chi connectivity index (χ4n) is 2.05. The minimum absolute atomic E-state index is 0.120. The molecule has 2 N–H and O–H groups in total. The van der Waals surface area contributed by atoms with Gasteiger partial charge in [0, 0.05) is 5.69 Å². The Bertz CT molecular complexity index is 760. The molecule has 0 saturated carbocycles. The zero-order valence-electron chi connectivity index (χ0n) is 13.7. The van der Waals surface area contributed by atoms with E-state index in [0.29, 0.717) is 5.56 Å².